The summed E-state index contributed by atoms with van der Waals surface area (Å²) >= 11 is 0. The van der Waals surface area contributed by atoms with Gasteiger partial charge in [0, 0.05) is 12.6 Å². The molecule has 1 saturated carbocycles. The van der Waals surface area contributed by atoms with Gasteiger partial charge in [0.1, 0.15) is 0 Å². The number of amides is 3. The van der Waals surface area contributed by atoms with Crippen LogP contribution in [0.1, 0.15) is 19.8 Å². The number of nitrogens with one attached hydrogen (secondary N) is 2. The summed E-state index contributed by atoms with van der Waals surface area (Å²) in [6.07, 6.45) is 4.05. The van der Waals surface area contributed by atoms with Crippen LogP contribution >= 0.6 is 0 Å². The van der Waals surface area contributed by atoms with Gasteiger partial charge >= 0.3 is 6.03 Å². The normalized spacial score (nSPS) is 16.4. The second-order valence-corrected chi connectivity index (χ2v) is 4.54. The summed E-state index contributed by atoms with van der Waals surface area (Å²) in [6.45, 7) is 6.19. The van der Waals surface area contributed by atoms with Gasteiger partial charge in [-0.1, -0.05) is 6.08 Å². The van der Waals surface area contributed by atoms with Gasteiger partial charge in [-0.05, 0) is 32.7 Å². The molecule has 17 heavy (non-hydrogen) atoms. The van der Waals surface area contributed by atoms with Gasteiger partial charge in [0.05, 0.1) is 6.54 Å². The van der Waals surface area contributed by atoms with E-state index in [1.807, 2.05) is 11.9 Å². The van der Waals surface area contributed by atoms with E-state index in [0.717, 1.165) is 0 Å². The van der Waals surface area contributed by atoms with Crippen molar-refractivity contribution in [3.63, 3.8) is 0 Å². The van der Waals surface area contributed by atoms with Crippen molar-refractivity contribution in [1.29, 1.82) is 0 Å². The Morgan fingerprint density at radius 2 is 2.18 bits per heavy atom. The largest absolute Gasteiger partial charge is 0.334 e. The Labute approximate surface area is 102 Å². The number of hydrogen-bond acceptors (Lipinski definition) is 3. The maximum atomic E-state index is 11.5. The summed E-state index contributed by atoms with van der Waals surface area (Å²) in [5.74, 6) is 0.434. The van der Waals surface area contributed by atoms with Gasteiger partial charge in [-0.15, -0.1) is 6.58 Å². The SMILES string of the molecule is C=CCNC(=O)NC(=O)CN(C)C(C)C1CC1. The van der Waals surface area contributed by atoms with Crippen LogP contribution in [0.25, 0.3) is 0 Å². The van der Waals surface area contributed by atoms with Crippen molar-refractivity contribution in [3.05, 3.63) is 12.7 Å². The summed E-state index contributed by atoms with van der Waals surface area (Å²) < 4.78 is 0. The van der Waals surface area contributed by atoms with Crippen LogP contribution in [0.15, 0.2) is 12.7 Å². The Bertz CT molecular complexity index is 300. The molecule has 1 fully saturated rings. The highest BCUT2D eigenvalue weighted by Gasteiger charge is 2.31. The number of likely N-dealkylation sites (N-methyl/N-ethyl adjacent to an activating group) is 1. The predicted octanol–water partition coefficient (Wildman–Crippen LogP) is 0.728. The van der Waals surface area contributed by atoms with E-state index in [0.29, 0.717) is 18.5 Å². The van der Waals surface area contributed by atoms with Crippen LogP contribution in [0, 0.1) is 5.92 Å². The van der Waals surface area contributed by atoms with E-state index in [1.165, 1.54) is 12.8 Å². The van der Waals surface area contributed by atoms with Crippen LogP contribution in [0.2, 0.25) is 0 Å². The molecule has 3 amide bonds. The van der Waals surface area contributed by atoms with Gasteiger partial charge in [-0.2, -0.15) is 0 Å². The molecule has 2 N–H and O–H groups in total. The maximum Gasteiger partial charge on any atom is 0.321 e. The standard InChI is InChI=1S/C12H21N3O2/c1-4-7-13-12(17)14-11(16)8-15(3)9(2)10-5-6-10/h4,9-10H,1,5-8H2,2-3H3,(H2,13,14,16,17). The molecule has 96 valence electrons. The van der Waals surface area contributed by atoms with E-state index in [1.54, 1.807) is 6.08 Å². The number of rotatable bonds is 6. The average molecular weight is 239 g/mol. The summed E-state index contributed by atoms with van der Waals surface area (Å²) in [5, 5.41) is 4.77. The highest BCUT2D eigenvalue weighted by atomic mass is 16.2. The number of nitrogens with zero attached hydrogens (tertiary/aromatic N) is 1. The third-order valence-corrected chi connectivity index (χ3v) is 3.05. The zero-order valence-electron chi connectivity index (χ0n) is 10.5. The highest BCUT2D eigenvalue weighted by molar-refractivity contribution is 5.95. The lowest BCUT2D eigenvalue weighted by Gasteiger charge is -2.23. The minimum atomic E-state index is -0.470. The first-order chi connectivity index (χ1) is 8.04. The summed E-state index contributed by atoms with van der Waals surface area (Å²) in [6, 6.07) is -0.0700. The van der Waals surface area contributed by atoms with E-state index in [4.69, 9.17) is 0 Å². The fourth-order valence-electron chi connectivity index (χ4n) is 1.68. The van der Waals surface area contributed by atoms with Crippen LogP contribution in [0.4, 0.5) is 4.79 Å². The summed E-state index contributed by atoms with van der Waals surface area (Å²) in [7, 11) is 1.91. The topological polar surface area (TPSA) is 61.4 Å². The quantitative estimate of drug-likeness (QED) is 0.672. The molecule has 1 unspecified atom stereocenters. The first-order valence-electron chi connectivity index (χ1n) is 5.93. The Morgan fingerprint density at radius 3 is 2.71 bits per heavy atom. The van der Waals surface area contributed by atoms with Crippen LogP contribution in [0.5, 0.6) is 0 Å². The Hall–Kier alpha value is -1.36. The van der Waals surface area contributed by atoms with Crippen LogP contribution in [0.3, 0.4) is 0 Å². The number of urea groups is 1. The van der Waals surface area contributed by atoms with E-state index in [9.17, 15) is 9.59 Å². The van der Waals surface area contributed by atoms with Crippen molar-refractivity contribution in [2.75, 3.05) is 20.1 Å². The minimum absolute atomic E-state index is 0.249. The van der Waals surface area contributed by atoms with Gasteiger partial charge in [0.2, 0.25) is 5.91 Å². The van der Waals surface area contributed by atoms with Gasteiger partial charge in [-0.25, -0.2) is 4.79 Å². The first kappa shape index (κ1) is 13.7. The lowest BCUT2D eigenvalue weighted by atomic mass is 10.2. The first-order valence-corrected chi connectivity index (χ1v) is 5.93. The third kappa shape index (κ3) is 4.99. The lowest BCUT2D eigenvalue weighted by molar-refractivity contribution is -0.121. The molecule has 0 spiro atoms. The Balaban J connectivity index is 2.23. The molecule has 0 bridgehead atoms. The predicted molar refractivity (Wildman–Crippen MR) is 66.6 cm³/mol. The van der Waals surface area contributed by atoms with Gasteiger partial charge in [0.25, 0.3) is 0 Å². The molecule has 0 heterocycles. The molecule has 1 aliphatic carbocycles. The lowest BCUT2D eigenvalue weighted by Crippen LogP contribution is -2.45. The molecular formula is C12H21N3O2. The van der Waals surface area contributed by atoms with E-state index < -0.39 is 6.03 Å². The van der Waals surface area contributed by atoms with Crippen molar-refractivity contribution < 1.29 is 9.59 Å². The van der Waals surface area contributed by atoms with Crippen LogP contribution in [-0.2, 0) is 4.79 Å². The molecule has 0 radical (unpaired) electrons. The molecule has 1 rings (SSSR count). The second-order valence-electron chi connectivity index (χ2n) is 4.54. The number of carbonyl (C=O) groups is 2. The van der Waals surface area contributed by atoms with Crippen molar-refractivity contribution >= 4 is 11.9 Å². The molecule has 5 nitrogen and oxygen atoms in total. The van der Waals surface area contributed by atoms with Gasteiger partial charge < -0.3 is 5.32 Å². The van der Waals surface area contributed by atoms with E-state index >= 15 is 0 Å². The fourth-order valence-corrected chi connectivity index (χ4v) is 1.68. The summed E-state index contributed by atoms with van der Waals surface area (Å²) in [4.78, 5) is 24.7. The smallest absolute Gasteiger partial charge is 0.321 e. The zero-order chi connectivity index (χ0) is 12.8. The number of hydrogen-bond donors (Lipinski definition) is 2. The molecule has 1 atom stereocenters. The van der Waals surface area contributed by atoms with Crippen molar-refractivity contribution in [3.8, 4) is 0 Å². The minimum Gasteiger partial charge on any atom is -0.334 e. The van der Waals surface area contributed by atoms with Gasteiger partial charge in [-0.3, -0.25) is 15.0 Å². The van der Waals surface area contributed by atoms with E-state index in [2.05, 4.69) is 24.1 Å². The van der Waals surface area contributed by atoms with Crippen LogP contribution < -0.4 is 10.6 Å². The molecule has 0 aliphatic heterocycles. The number of imide groups is 1. The maximum absolute atomic E-state index is 11.5. The van der Waals surface area contributed by atoms with Crippen LogP contribution in [-0.4, -0.2) is 43.0 Å². The van der Waals surface area contributed by atoms with Crippen molar-refractivity contribution in [2.45, 2.75) is 25.8 Å². The molecule has 0 aromatic rings. The highest BCUT2D eigenvalue weighted by Crippen LogP contribution is 2.34. The third-order valence-electron chi connectivity index (χ3n) is 3.05. The second kappa shape index (κ2) is 6.39. The fraction of sp³-hybridized carbons (Fsp3) is 0.667. The monoisotopic (exact) mass is 239 g/mol. The molecule has 0 aromatic carbocycles. The molecule has 0 saturated heterocycles. The Morgan fingerprint density at radius 1 is 1.53 bits per heavy atom. The zero-order valence-corrected chi connectivity index (χ0v) is 10.5. The number of carbonyl (C=O) groups excluding carboxylic acids is 2. The summed E-state index contributed by atoms with van der Waals surface area (Å²) in [5.41, 5.74) is 0. The van der Waals surface area contributed by atoms with Crippen molar-refractivity contribution in [1.82, 2.24) is 15.5 Å². The Kier molecular flexibility index (Phi) is 5.15. The van der Waals surface area contributed by atoms with Crippen molar-refractivity contribution in [2.24, 2.45) is 5.92 Å². The molecule has 0 aromatic heterocycles. The molecular weight excluding hydrogens is 218 g/mol. The molecule has 1 aliphatic rings. The van der Waals surface area contributed by atoms with Gasteiger partial charge in [0.15, 0.2) is 0 Å². The van der Waals surface area contributed by atoms with E-state index in [-0.39, 0.29) is 12.5 Å². The molecule has 5 heteroatoms. The average Bonchev–Trinajstić information content (AvgIpc) is 3.08.